The van der Waals surface area contributed by atoms with Gasteiger partial charge in [0.05, 0.1) is 6.10 Å². The molecular formula is C13H24N2O2. The normalized spacial score (nSPS) is 26.4. The van der Waals surface area contributed by atoms with Gasteiger partial charge in [-0.05, 0) is 45.2 Å². The monoisotopic (exact) mass is 240 g/mol. The van der Waals surface area contributed by atoms with E-state index in [0.717, 1.165) is 51.7 Å². The number of hydrogen-bond donors (Lipinski definition) is 1. The van der Waals surface area contributed by atoms with E-state index < -0.39 is 0 Å². The van der Waals surface area contributed by atoms with E-state index in [1.165, 1.54) is 0 Å². The van der Waals surface area contributed by atoms with Crippen molar-refractivity contribution in [2.75, 3.05) is 26.2 Å². The van der Waals surface area contributed by atoms with E-state index in [2.05, 4.69) is 12.2 Å². The first kappa shape index (κ1) is 12.8. The summed E-state index contributed by atoms with van der Waals surface area (Å²) in [5, 5.41) is 3.30. The first-order valence-corrected chi connectivity index (χ1v) is 6.93. The summed E-state index contributed by atoms with van der Waals surface area (Å²) in [4.78, 5) is 14.1. The lowest BCUT2D eigenvalue weighted by Crippen LogP contribution is -2.40. The van der Waals surface area contributed by atoms with E-state index in [4.69, 9.17) is 4.74 Å². The van der Waals surface area contributed by atoms with Gasteiger partial charge in [-0.25, -0.2) is 0 Å². The second-order valence-corrected chi connectivity index (χ2v) is 5.05. The number of carbonyl (C=O) groups excluding carboxylic acids is 1. The van der Waals surface area contributed by atoms with Crippen LogP contribution in [-0.2, 0) is 9.53 Å². The Morgan fingerprint density at radius 2 is 2.12 bits per heavy atom. The van der Waals surface area contributed by atoms with Gasteiger partial charge < -0.3 is 15.0 Å². The summed E-state index contributed by atoms with van der Waals surface area (Å²) in [6.07, 6.45) is 5.73. The number of amides is 1. The summed E-state index contributed by atoms with van der Waals surface area (Å²) in [6.45, 7) is 5.39. The van der Waals surface area contributed by atoms with Crippen molar-refractivity contribution in [1.82, 2.24) is 10.2 Å². The van der Waals surface area contributed by atoms with Crippen LogP contribution < -0.4 is 5.32 Å². The van der Waals surface area contributed by atoms with E-state index in [1.54, 1.807) is 0 Å². The Labute approximate surface area is 104 Å². The molecule has 2 saturated heterocycles. The van der Waals surface area contributed by atoms with Gasteiger partial charge >= 0.3 is 0 Å². The summed E-state index contributed by atoms with van der Waals surface area (Å²) < 4.78 is 5.72. The molecule has 2 rings (SSSR count). The predicted octanol–water partition coefficient (Wildman–Crippen LogP) is 1.16. The number of nitrogens with zero attached hydrogens (tertiary/aromatic N) is 1. The Bertz CT molecular complexity index is 252. The fraction of sp³-hybridized carbons (Fsp3) is 0.923. The second-order valence-electron chi connectivity index (χ2n) is 5.05. The molecule has 4 nitrogen and oxygen atoms in total. The van der Waals surface area contributed by atoms with E-state index >= 15 is 0 Å². The fourth-order valence-electron chi connectivity index (χ4n) is 2.82. The van der Waals surface area contributed by atoms with Crippen LogP contribution in [0.2, 0.25) is 0 Å². The largest absolute Gasteiger partial charge is 0.368 e. The molecule has 0 spiro atoms. The lowest BCUT2D eigenvalue weighted by atomic mass is 10.1. The molecule has 1 unspecified atom stereocenters. The third kappa shape index (κ3) is 3.42. The summed E-state index contributed by atoms with van der Waals surface area (Å²) in [6, 6.07) is 0.458. The highest BCUT2D eigenvalue weighted by atomic mass is 16.5. The first-order valence-electron chi connectivity index (χ1n) is 6.93. The maximum absolute atomic E-state index is 12.0. The topological polar surface area (TPSA) is 41.6 Å². The smallest absolute Gasteiger partial charge is 0.248 e. The van der Waals surface area contributed by atoms with Gasteiger partial charge in [-0.3, -0.25) is 4.79 Å². The number of piperidine rings is 1. The van der Waals surface area contributed by atoms with E-state index in [0.29, 0.717) is 6.04 Å². The molecule has 0 aromatic heterocycles. The molecule has 4 heteroatoms. The lowest BCUT2D eigenvalue weighted by Gasteiger charge is -2.26. The van der Waals surface area contributed by atoms with E-state index in [1.807, 2.05) is 4.90 Å². The van der Waals surface area contributed by atoms with Crippen LogP contribution in [0.5, 0.6) is 0 Å². The first-order chi connectivity index (χ1) is 8.31. The molecule has 98 valence electrons. The summed E-state index contributed by atoms with van der Waals surface area (Å²) in [5.41, 5.74) is 0. The standard InChI is InChI=1S/C13H24N2O2/c1-2-11-4-3-9-15(11)13(16)10-17-12-5-7-14-8-6-12/h11-12,14H,2-10H2,1H3. The molecule has 0 aliphatic carbocycles. The predicted molar refractivity (Wildman–Crippen MR) is 66.9 cm³/mol. The Morgan fingerprint density at radius 3 is 2.82 bits per heavy atom. The molecule has 17 heavy (non-hydrogen) atoms. The van der Waals surface area contributed by atoms with Crippen LogP contribution in [0.15, 0.2) is 0 Å². The van der Waals surface area contributed by atoms with Crippen molar-refractivity contribution < 1.29 is 9.53 Å². The maximum atomic E-state index is 12.0. The molecule has 2 fully saturated rings. The zero-order valence-corrected chi connectivity index (χ0v) is 10.8. The molecule has 2 aliphatic rings. The van der Waals surface area contributed by atoms with Crippen molar-refractivity contribution in [2.45, 2.75) is 51.2 Å². The van der Waals surface area contributed by atoms with Crippen molar-refractivity contribution in [2.24, 2.45) is 0 Å². The minimum Gasteiger partial charge on any atom is -0.368 e. The fourth-order valence-corrected chi connectivity index (χ4v) is 2.82. The molecule has 2 aliphatic heterocycles. The minimum atomic E-state index is 0.188. The zero-order chi connectivity index (χ0) is 12.1. The molecule has 0 bridgehead atoms. The number of ether oxygens (including phenoxy) is 1. The number of hydrogen-bond acceptors (Lipinski definition) is 3. The Morgan fingerprint density at radius 1 is 1.35 bits per heavy atom. The maximum Gasteiger partial charge on any atom is 0.248 e. The summed E-state index contributed by atoms with van der Waals surface area (Å²) >= 11 is 0. The SMILES string of the molecule is CCC1CCCN1C(=O)COC1CCNCC1. The second kappa shape index (κ2) is 6.36. The van der Waals surface area contributed by atoms with Crippen LogP contribution in [0.3, 0.4) is 0 Å². The quantitative estimate of drug-likeness (QED) is 0.801. The van der Waals surface area contributed by atoms with Gasteiger partial charge in [0.2, 0.25) is 5.91 Å². The van der Waals surface area contributed by atoms with Crippen LogP contribution in [0.25, 0.3) is 0 Å². The molecule has 2 heterocycles. The molecule has 1 atom stereocenters. The van der Waals surface area contributed by atoms with Gasteiger partial charge in [0.15, 0.2) is 0 Å². The molecule has 1 amide bonds. The summed E-state index contributed by atoms with van der Waals surface area (Å²) in [5.74, 6) is 0.188. The van der Waals surface area contributed by atoms with E-state index in [-0.39, 0.29) is 18.6 Å². The van der Waals surface area contributed by atoms with Crippen LogP contribution >= 0.6 is 0 Å². The van der Waals surface area contributed by atoms with Crippen LogP contribution in [0.4, 0.5) is 0 Å². The van der Waals surface area contributed by atoms with Crippen molar-refractivity contribution in [3.05, 3.63) is 0 Å². The van der Waals surface area contributed by atoms with Gasteiger partial charge in [0.25, 0.3) is 0 Å². The average Bonchev–Trinajstić information content (AvgIpc) is 2.85. The highest BCUT2D eigenvalue weighted by Gasteiger charge is 2.27. The van der Waals surface area contributed by atoms with Crippen molar-refractivity contribution in [1.29, 1.82) is 0 Å². The van der Waals surface area contributed by atoms with Crippen LogP contribution in [0.1, 0.15) is 39.0 Å². The minimum absolute atomic E-state index is 0.188. The third-order valence-electron chi connectivity index (χ3n) is 3.90. The average molecular weight is 240 g/mol. The zero-order valence-electron chi connectivity index (χ0n) is 10.8. The highest BCUT2D eigenvalue weighted by molar-refractivity contribution is 5.78. The van der Waals surface area contributed by atoms with Gasteiger partial charge in [-0.2, -0.15) is 0 Å². The molecule has 1 N–H and O–H groups in total. The van der Waals surface area contributed by atoms with Crippen LogP contribution in [-0.4, -0.2) is 49.2 Å². The lowest BCUT2D eigenvalue weighted by molar-refractivity contribution is -0.139. The highest BCUT2D eigenvalue weighted by Crippen LogP contribution is 2.20. The van der Waals surface area contributed by atoms with Crippen molar-refractivity contribution >= 4 is 5.91 Å². The molecule has 0 aromatic carbocycles. The van der Waals surface area contributed by atoms with Gasteiger partial charge in [0.1, 0.15) is 6.61 Å². The summed E-state index contributed by atoms with van der Waals surface area (Å²) in [7, 11) is 0. The Balaban J connectivity index is 1.72. The number of nitrogens with one attached hydrogen (secondary N) is 1. The molecule has 0 aromatic rings. The number of carbonyl (C=O) groups is 1. The van der Waals surface area contributed by atoms with Crippen molar-refractivity contribution in [3.8, 4) is 0 Å². The molecule has 0 saturated carbocycles. The molecular weight excluding hydrogens is 216 g/mol. The number of likely N-dealkylation sites (tertiary alicyclic amines) is 1. The molecule has 0 radical (unpaired) electrons. The number of rotatable bonds is 4. The third-order valence-corrected chi connectivity index (χ3v) is 3.90. The Hall–Kier alpha value is -0.610. The Kier molecular flexibility index (Phi) is 4.80. The van der Waals surface area contributed by atoms with Crippen molar-refractivity contribution in [3.63, 3.8) is 0 Å². The van der Waals surface area contributed by atoms with E-state index in [9.17, 15) is 4.79 Å². The van der Waals surface area contributed by atoms with Gasteiger partial charge in [-0.15, -0.1) is 0 Å². The van der Waals surface area contributed by atoms with Gasteiger partial charge in [-0.1, -0.05) is 6.92 Å². The van der Waals surface area contributed by atoms with Crippen LogP contribution in [0, 0.1) is 0 Å². The van der Waals surface area contributed by atoms with Gasteiger partial charge in [0, 0.05) is 12.6 Å².